The van der Waals surface area contributed by atoms with Crippen molar-refractivity contribution in [2.45, 2.75) is 46.6 Å². The molecular formula is C14H23N5O2. The van der Waals surface area contributed by atoms with Crippen molar-refractivity contribution in [3.8, 4) is 0 Å². The van der Waals surface area contributed by atoms with Crippen LogP contribution in [0.2, 0.25) is 0 Å². The largest absolute Gasteiger partial charge is 0.354 e. The Kier molecular flexibility index (Phi) is 4.59. The van der Waals surface area contributed by atoms with Crippen LogP contribution in [0.5, 0.6) is 0 Å². The van der Waals surface area contributed by atoms with Gasteiger partial charge in [0.25, 0.3) is 0 Å². The van der Waals surface area contributed by atoms with Crippen molar-refractivity contribution < 1.29 is 4.92 Å². The first-order valence-corrected chi connectivity index (χ1v) is 7.49. The highest BCUT2D eigenvalue weighted by Gasteiger charge is 2.34. The Morgan fingerprint density at radius 1 is 1.48 bits per heavy atom. The van der Waals surface area contributed by atoms with Gasteiger partial charge < -0.3 is 10.2 Å². The van der Waals surface area contributed by atoms with Crippen LogP contribution in [-0.4, -0.2) is 34.0 Å². The number of hydrogen-bond donors (Lipinski definition) is 1. The number of nitrogens with zero attached hydrogens (tertiary/aromatic N) is 4. The van der Waals surface area contributed by atoms with Crippen molar-refractivity contribution in [1.82, 2.24) is 9.97 Å². The van der Waals surface area contributed by atoms with Crippen molar-refractivity contribution in [3.63, 3.8) is 0 Å². The van der Waals surface area contributed by atoms with Crippen LogP contribution < -0.4 is 10.2 Å². The highest BCUT2D eigenvalue weighted by molar-refractivity contribution is 5.63. The topological polar surface area (TPSA) is 84.2 Å². The number of anilines is 2. The second kappa shape index (κ2) is 6.24. The monoisotopic (exact) mass is 293 g/mol. The molecule has 1 aliphatic heterocycles. The van der Waals surface area contributed by atoms with Gasteiger partial charge in [-0.2, -0.15) is 4.98 Å². The summed E-state index contributed by atoms with van der Waals surface area (Å²) in [5.41, 5.74) is 0.444. The molecule has 1 N–H and O–H groups in total. The SMILES string of the molecule is CCNc1nc(C)c([N+](=O)[O-])c(N2CCCC2C(C)C)n1. The van der Waals surface area contributed by atoms with Gasteiger partial charge in [0.05, 0.1) is 4.92 Å². The van der Waals surface area contributed by atoms with Crippen LogP contribution in [-0.2, 0) is 0 Å². The van der Waals surface area contributed by atoms with E-state index in [1.165, 1.54) is 0 Å². The fourth-order valence-corrected chi connectivity index (χ4v) is 2.95. The van der Waals surface area contributed by atoms with Crippen LogP contribution in [0, 0.1) is 23.0 Å². The number of aromatic nitrogens is 2. The van der Waals surface area contributed by atoms with Gasteiger partial charge in [-0.3, -0.25) is 10.1 Å². The average Bonchev–Trinajstić information content (AvgIpc) is 2.86. The maximum absolute atomic E-state index is 11.4. The first-order chi connectivity index (χ1) is 9.95. The van der Waals surface area contributed by atoms with Gasteiger partial charge in [-0.1, -0.05) is 13.8 Å². The minimum absolute atomic E-state index is 0.0317. The Morgan fingerprint density at radius 2 is 2.19 bits per heavy atom. The molecule has 1 atom stereocenters. The highest BCUT2D eigenvalue weighted by Crippen LogP contribution is 2.36. The van der Waals surface area contributed by atoms with E-state index in [0.29, 0.717) is 36.0 Å². The summed E-state index contributed by atoms with van der Waals surface area (Å²) in [5, 5.41) is 14.5. The Labute approximate surface area is 124 Å². The van der Waals surface area contributed by atoms with E-state index in [2.05, 4.69) is 34.0 Å². The lowest BCUT2D eigenvalue weighted by molar-refractivity contribution is -0.385. The first kappa shape index (κ1) is 15.5. The van der Waals surface area contributed by atoms with E-state index >= 15 is 0 Å². The molecule has 7 heteroatoms. The van der Waals surface area contributed by atoms with E-state index in [1.807, 2.05) is 6.92 Å². The molecular weight excluding hydrogens is 270 g/mol. The van der Waals surface area contributed by atoms with Crippen LogP contribution in [0.25, 0.3) is 0 Å². The lowest BCUT2D eigenvalue weighted by atomic mass is 10.0. The van der Waals surface area contributed by atoms with E-state index in [-0.39, 0.29) is 10.6 Å². The second-order valence-corrected chi connectivity index (χ2v) is 5.74. The van der Waals surface area contributed by atoms with Gasteiger partial charge in [0, 0.05) is 19.1 Å². The molecule has 1 aromatic heterocycles. The van der Waals surface area contributed by atoms with E-state index < -0.39 is 0 Å². The summed E-state index contributed by atoms with van der Waals surface area (Å²) in [4.78, 5) is 21.8. The fraction of sp³-hybridized carbons (Fsp3) is 0.714. The zero-order valence-corrected chi connectivity index (χ0v) is 13.1. The van der Waals surface area contributed by atoms with Crippen molar-refractivity contribution in [1.29, 1.82) is 0 Å². The molecule has 21 heavy (non-hydrogen) atoms. The van der Waals surface area contributed by atoms with Crippen LogP contribution in [0.15, 0.2) is 0 Å². The lowest BCUT2D eigenvalue weighted by Crippen LogP contribution is -2.34. The summed E-state index contributed by atoms with van der Waals surface area (Å²) in [7, 11) is 0. The van der Waals surface area contributed by atoms with E-state index in [1.54, 1.807) is 6.92 Å². The predicted molar refractivity (Wildman–Crippen MR) is 82.8 cm³/mol. The quantitative estimate of drug-likeness (QED) is 0.663. The molecule has 1 aliphatic rings. The molecule has 1 unspecified atom stereocenters. The number of nitro groups is 1. The summed E-state index contributed by atoms with van der Waals surface area (Å²) in [6.45, 7) is 9.41. The Hall–Kier alpha value is -1.92. The third-order valence-electron chi connectivity index (χ3n) is 3.90. The van der Waals surface area contributed by atoms with Crippen LogP contribution in [0.3, 0.4) is 0 Å². The molecule has 1 fully saturated rings. The zero-order valence-electron chi connectivity index (χ0n) is 13.1. The van der Waals surface area contributed by atoms with Gasteiger partial charge in [-0.25, -0.2) is 4.98 Å². The molecule has 0 spiro atoms. The molecule has 0 aliphatic carbocycles. The highest BCUT2D eigenvalue weighted by atomic mass is 16.6. The van der Waals surface area contributed by atoms with Crippen molar-refractivity contribution >= 4 is 17.5 Å². The minimum atomic E-state index is -0.365. The van der Waals surface area contributed by atoms with Crippen LogP contribution in [0.4, 0.5) is 17.5 Å². The number of rotatable bonds is 5. The molecule has 0 saturated carbocycles. The van der Waals surface area contributed by atoms with Gasteiger partial charge >= 0.3 is 5.69 Å². The zero-order chi connectivity index (χ0) is 15.6. The average molecular weight is 293 g/mol. The van der Waals surface area contributed by atoms with Gasteiger partial charge in [0.15, 0.2) is 0 Å². The molecule has 1 aromatic rings. The van der Waals surface area contributed by atoms with E-state index in [9.17, 15) is 10.1 Å². The van der Waals surface area contributed by atoms with Gasteiger partial charge in [0.1, 0.15) is 5.69 Å². The van der Waals surface area contributed by atoms with Crippen LogP contribution >= 0.6 is 0 Å². The lowest BCUT2D eigenvalue weighted by Gasteiger charge is -2.28. The number of nitrogens with one attached hydrogen (secondary N) is 1. The van der Waals surface area contributed by atoms with Gasteiger partial charge in [-0.15, -0.1) is 0 Å². The first-order valence-electron chi connectivity index (χ1n) is 7.49. The Bertz CT molecular complexity index is 532. The number of aryl methyl sites for hydroxylation is 1. The van der Waals surface area contributed by atoms with Crippen molar-refractivity contribution in [3.05, 3.63) is 15.8 Å². The molecule has 116 valence electrons. The molecule has 2 heterocycles. The molecule has 0 bridgehead atoms. The molecule has 2 rings (SSSR count). The summed E-state index contributed by atoms with van der Waals surface area (Å²) in [6, 6.07) is 0.299. The predicted octanol–water partition coefficient (Wildman–Crippen LogP) is 2.75. The standard InChI is InChI=1S/C14H23N5O2/c1-5-15-14-16-10(4)12(19(20)21)13(17-14)18-8-6-7-11(18)9(2)3/h9,11H,5-8H2,1-4H3,(H,15,16,17). The smallest absolute Gasteiger partial charge is 0.332 e. The second-order valence-electron chi connectivity index (χ2n) is 5.74. The molecule has 0 radical (unpaired) electrons. The third kappa shape index (κ3) is 3.06. The number of hydrogen-bond acceptors (Lipinski definition) is 6. The van der Waals surface area contributed by atoms with Gasteiger partial charge in [0.2, 0.25) is 11.8 Å². The Morgan fingerprint density at radius 3 is 2.76 bits per heavy atom. The maximum atomic E-state index is 11.4. The maximum Gasteiger partial charge on any atom is 0.332 e. The normalized spacial score (nSPS) is 18.3. The summed E-state index contributed by atoms with van der Waals surface area (Å²) >= 11 is 0. The van der Waals surface area contributed by atoms with E-state index in [4.69, 9.17) is 0 Å². The van der Waals surface area contributed by atoms with Crippen molar-refractivity contribution in [2.24, 2.45) is 5.92 Å². The Balaban J connectivity index is 2.51. The van der Waals surface area contributed by atoms with Gasteiger partial charge in [-0.05, 0) is 32.6 Å². The summed E-state index contributed by atoms with van der Waals surface area (Å²) < 4.78 is 0. The molecule has 1 saturated heterocycles. The molecule has 0 amide bonds. The van der Waals surface area contributed by atoms with E-state index in [0.717, 1.165) is 19.4 Å². The molecule has 0 aromatic carbocycles. The third-order valence-corrected chi connectivity index (χ3v) is 3.90. The van der Waals surface area contributed by atoms with Crippen molar-refractivity contribution in [2.75, 3.05) is 23.3 Å². The molecule has 7 nitrogen and oxygen atoms in total. The fourth-order valence-electron chi connectivity index (χ4n) is 2.95. The summed E-state index contributed by atoms with van der Waals surface area (Å²) in [5.74, 6) is 1.36. The van der Waals surface area contributed by atoms with Crippen LogP contribution in [0.1, 0.15) is 39.3 Å². The summed E-state index contributed by atoms with van der Waals surface area (Å²) in [6.07, 6.45) is 2.09. The minimum Gasteiger partial charge on any atom is -0.354 e.